The predicted molar refractivity (Wildman–Crippen MR) is 194 cm³/mol. The fourth-order valence-corrected chi connectivity index (χ4v) is 5.94. The summed E-state index contributed by atoms with van der Waals surface area (Å²) in [6.45, 7) is 11.0. The van der Waals surface area contributed by atoms with Crippen LogP contribution in [0.15, 0.2) is 24.3 Å². The quantitative estimate of drug-likeness (QED) is 0.0369. The first-order valence-electron chi connectivity index (χ1n) is 18.4. The number of carbonyl (C=O) groups is 2. The summed E-state index contributed by atoms with van der Waals surface area (Å²) < 4.78 is 11.5. The van der Waals surface area contributed by atoms with E-state index in [1.807, 2.05) is 0 Å². The molecule has 0 saturated carbocycles. The maximum absolute atomic E-state index is 13.8. The minimum Gasteiger partial charge on any atom is -0.507 e. The van der Waals surface area contributed by atoms with Crippen LogP contribution >= 0.6 is 0 Å². The molecule has 0 radical (unpaired) electrons. The summed E-state index contributed by atoms with van der Waals surface area (Å²) in [5.41, 5.74) is 1.05. The van der Waals surface area contributed by atoms with Gasteiger partial charge in [0.1, 0.15) is 11.5 Å². The number of hydrogen-bond acceptors (Lipinski definition) is 10. The summed E-state index contributed by atoms with van der Waals surface area (Å²) in [7, 11) is 0. The summed E-state index contributed by atoms with van der Waals surface area (Å²) >= 11 is 0. The standard InChI is InChI=1S/C38H60N4O6/c1-3-5-7-9-11-13-25-47-27-23-39-19-21-41-29-15-16-30(42-22-20-40-24-28-48-26-14-12-10-8-6-4-2)34-33(29)37(45)35-31(43)17-18-32(44)36(35)38(34)46/h15-18,39-44H,3-14,19-28H2,1-2H3. The third-order valence-electron chi connectivity index (χ3n) is 8.64. The molecule has 0 bridgehead atoms. The lowest BCUT2D eigenvalue weighted by Crippen LogP contribution is -2.29. The third-order valence-corrected chi connectivity index (χ3v) is 8.64. The fourth-order valence-electron chi connectivity index (χ4n) is 5.94. The van der Waals surface area contributed by atoms with E-state index in [4.69, 9.17) is 9.47 Å². The van der Waals surface area contributed by atoms with Gasteiger partial charge in [-0.25, -0.2) is 0 Å². The van der Waals surface area contributed by atoms with Crippen molar-refractivity contribution >= 4 is 22.9 Å². The van der Waals surface area contributed by atoms with Crippen molar-refractivity contribution in [2.45, 2.75) is 90.9 Å². The van der Waals surface area contributed by atoms with Crippen LogP contribution in [0, 0.1) is 0 Å². The van der Waals surface area contributed by atoms with Crippen molar-refractivity contribution in [2.75, 3.05) is 76.3 Å². The van der Waals surface area contributed by atoms with Crippen molar-refractivity contribution in [3.05, 3.63) is 46.5 Å². The Balaban J connectivity index is 1.49. The number of fused-ring (bicyclic) bond motifs is 2. The normalized spacial score (nSPS) is 12.3. The van der Waals surface area contributed by atoms with Crippen LogP contribution in [0.5, 0.6) is 11.5 Å². The number of carbonyl (C=O) groups excluding carboxylic acids is 2. The van der Waals surface area contributed by atoms with E-state index in [1.165, 1.54) is 76.3 Å². The molecule has 48 heavy (non-hydrogen) atoms. The van der Waals surface area contributed by atoms with Gasteiger partial charge in [-0.3, -0.25) is 9.59 Å². The largest absolute Gasteiger partial charge is 0.507 e. The zero-order chi connectivity index (χ0) is 34.4. The molecule has 0 spiro atoms. The van der Waals surface area contributed by atoms with Gasteiger partial charge in [-0.1, -0.05) is 78.1 Å². The molecule has 1 aliphatic carbocycles. The van der Waals surface area contributed by atoms with E-state index in [0.717, 1.165) is 39.1 Å². The Morgan fingerprint density at radius 3 is 1.29 bits per heavy atom. The van der Waals surface area contributed by atoms with E-state index < -0.39 is 11.6 Å². The first-order chi connectivity index (χ1) is 23.5. The second kappa shape index (κ2) is 23.2. The number of ketones is 2. The highest BCUT2D eigenvalue weighted by atomic mass is 16.5. The van der Waals surface area contributed by atoms with Crippen LogP contribution in [-0.4, -0.2) is 87.5 Å². The maximum atomic E-state index is 13.8. The highest BCUT2D eigenvalue weighted by molar-refractivity contribution is 6.33. The lowest BCUT2D eigenvalue weighted by Gasteiger charge is -2.25. The van der Waals surface area contributed by atoms with Crippen molar-refractivity contribution in [2.24, 2.45) is 0 Å². The van der Waals surface area contributed by atoms with Crippen LogP contribution in [0.2, 0.25) is 0 Å². The van der Waals surface area contributed by atoms with Gasteiger partial charge >= 0.3 is 0 Å². The number of nitrogens with one attached hydrogen (secondary N) is 4. The number of aromatic hydroxyl groups is 2. The van der Waals surface area contributed by atoms with Crippen LogP contribution in [-0.2, 0) is 9.47 Å². The zero-order valence-electron chi connectivity index (χ0n) is 29.4. The van der Waals surface area contributed by atoms with Crippen molar-refractivity contribution < 1.29 is 29.3 Å². The minimum atomic E-state index is -0.504. The molecule has 0 aromatic heterocycles. The molecule has 0 heterocycles. The molecule has 10 heteroatoms. The highest BCUT2D eigenvalue weighted by Gasteiger charge is 2.37. The monoisotopic (exact) mass is 668 g/mol. The maximum Gasteiger partial charge on any atom is 0.200 e. The van der Waals surface area contributed by atoms with Crippen LogP contribution in [0.1, 0.15) is 123 Å². The van der Waals surface area contributed by atoms with Gasteiger partial charge in [0, 0.05) is 63.9 Å². The SMILES string of the molecule is CCCCCCCCOCCNCCNc1ccc(NCCNCCOCCCCCCCC)c2c1C(=O)c1c(O)ccc(O)c1C2=O. The molecule has 6 N–H and O–H groups in total. The number of rotatable bonds is 28. The lowest BCUT2D eigenvalue weighted by molar-refractivity contribution is 0.0975. The molecule has 0 aliphatic heterocycles. The number of ether oxygens (including phenoxy) is 2. The zero-order valence-corrected chi connectivity index (χ0v) is 29.4. The first-order valence-corrected chi connectivity index (χ1v) is 18.4. The Labute approximate surface area is 287 Å². The molecule has 3 rings (SSSR count). The van der Waals surface area contributed by atoms with Gasteiger partial charge < -0.3 is 41.0 Å². The predicted octanol–water partition coefficient (Wildman–Crippen LogP) is 6.63. The Morgan fingerprint density at radius 1 is 0.479 bits per heavy atom. The summed E-state index contributed by atoms with van der Waals surface area (Å²) in [5.74, 6) is -1.67. The summed E-state index contributed by atoms with van der Waals surface area (Å²) in [4.78, 5) is 27.5. The van der Waals surface area contributed by atoms with Gasteiger partial charge in [-0.05, 0) is 37.1 Å². The van der Waals surface area contributed by atoms with Crippen LogP contribution in [0.4, 0.5) is 11.4 Å². The average Bonchev–Trinajstić information content (AvgIpc) is 3.08. The number of phenols is 2. The number of hydrogen-bond donors (Lipinski definition) is 6. The molecule has 10 nitrogen and oxygen atoms in total. The van der Waals surface area contributed by atoms with Crippen LogP contribution in [0.25, 0.3) is 0 Å². The van der Waals surface area contributed by atoms with E-state index in [2.05, 4.69) is 35.1 Å². The molecule has 2 aromatic carbocycles. The summed E-state index contributed by atoms with van der Waals surface area (Å²) in [6.07, 6.45) is 14.9. The molecule has 2 aromatic rings. The molecular weight excluding hydrogens is 608 g/mol. The molecule has 0 amide bonds. The number of phenolic OH excluding ortho intramolecular Hbond substituents is 2. The van der Waals surface area contributed by atoms with E-state index in [1.54, 1.807) is 12.1 Å². The van der Waals surface area contributed by atoms with E-state index >= 15 is 0 Å². The lowest BCUT2D eigenvalue weighted by atomic mass is 9.81. The number of benzene rings is 2. The highest BCUT2D eigenvalue weighted by Crippen LogP contribution is 2.42. The van der Waals surface area contributed by atoms with E-state index in [0.29, 0.717) is 50.8 Å². The minimum absolute atomic E-state index is 0.170. The molecular formula is C38H60N4O6. The van der Waals surface area contributed by atoms with Gasteiger partial charge in [-0.15, -0.1) is 0 Å². The van der Waals surface area contributed by atoms with Crippen LogP contribution < -0.4 is 21.3 Å². The molecule has 0 fully saturated rings. The average molecular weight is 669 g/mol. The Kier molecular flexibility index (Phi) is 19.0. The third kappa shape index (κ3) is 12.7. The Bertz CT molecular complexity index is 1160. The first kappa shape index (κ1) is 39.3. The van der Waals surface area contributed by atoms with E-state index in [-0.39, 0.29) is 33.8 Å². The van der Waals surface area contributed by atoms with Crippen molar-refractivity contribution in [3.63, 3.8) is 0 Å². The van der Waals surface area contributed by atoms with E-state index in [9.17, 15) is 19.8 Å². The van der Waals surface area contributed by atoms with Crippen molar-refractivity contribution in [1.82, 2.24) is 10.6 Å². The second-order valence-corrected chi connectivity index (χ2v) is 12.5. The Morgan fingerprint density at radius 2 is 0.875 bits per heavy atom. The Hall–Kier alpha value is -3.18. The number of unbranched alkanes of at least 4 members (excludes halogenated alkanes) is 10. The van der Waals surface area contributed by atoms with Gasteiger partial charge in [-0.2, -0.15) is 0 Å². The second-order valence-electron chi connectivity index (χ2n) is 12.5. The smallest absolute Gasteiger partial charge is 0.200 e. The molecule has 0 unspecified atom stereocenters. The van der Waals surface area contributed by atoms with Gasteiger partial charge in [0.05, 0.1) is 35.5 Å². The van der Waals surface area contributed by atoms with Crippen LogP contribution in [0.3, 0.4) is 0 Å². The van der Waals surface area contributed by atoms with Gasteiger partial charge in [0.15, 0.2) is 0 Å². The molecule has 0 saturated heterocycles. The fraction of sp³-hybridized carbons (Fsp3) is 0.632. The molecule has 1 aliphatic rings. The molecule has 268 valence electrons. The summed E-state index contributed by atoms with van der Waals surface area (Å²) in [5, 5.41) is 34.3. The van der Waals surface area contributed by atoms with Gasteiger partial charge in [0.2, 0.25) is 11.6 Å². The molecule has 0 atom stereocenters. The van der Waals surface area contributed by atoms with Crippen molar-refractivity contribution in [1.29, 1.82) is 0 Å². The summed E-state index contributed by atoms with van der Waals surface area (Å²) in [6, 6.07) is 6.04. The topological polar surface area (TPSA) is 141 Å². The number of anilines is 2. The van der Waals surface area contributed by atoms with Crippen molar-refractivity contribution in [3.8, 4) is 11.5 Å². The van der Waals surface area contributed by atoms with Gasteiger partial charge in [0.25, 0.3) is 0 Å².